The van der Waals surface area contributed by atoms with Crippen molar-refractivity contribution >= 4 is 11.8 Å². The molecule has 1 nitrogen and oxygen atoms in total. The summed E-state index contributed by atoms with van der Waals surface area (Å²) in [6, 6.07) is 8.03. The van der Waals surface area contributed by atoms with Gasteiger partial charge >= 0.3 is 0 Å². The minimum absolute atomic E-state index is 0.109. The van der Waals surface area contributed by atoms with Crippen molar-refractivity contribution in [2.45, 2.75) is 10.9 Å². The first-order valence-corrected chi connectivity index (χ1v) is 4.69. The Kier molecular flexibility index (Phi) is 2.97. The molecule has 2 N–H and O–H groups in total. The molecule has 11 heavy (non-hydrogen) atoms. The van der Waals surface area contributed by atoms with E-state index in [0.717, 1.165) is 5.56 Å². The van der Waals surface area contributed by atoms with E-state index < -0.39 is 0 Å². The van der Waals surface area contributed by atoms with Crippen LogP contribution in [0.5, 0.6) is 0 Å². The van der Waals surface area contributed by atoms with Crippen LogP contribution in [-0.4, -0.2) is 6.26 Å². The molecular formula is C9H12NS. The number of nitrogens with two attached hydrogens (primary N) is 1. The Hall–Kier alpha value is -0.470. The maximum atomic E-state index is 5.62. The molecule has 1 aromatic rings. The van der Waals surface area contributed by atoms with Crippen molar-refractivity contribution in [2.75, 3.05) is 6.26 Å². The normalized spacial score (nSPS) is 13.0. The van der Waals surface area contributed by atoms with Crippen LogP contribution in [0.4, 0.5) is 0 Å². The van der Waals surface area contributed by atoms with Crippen LogP contribution >= 0.6 is 11.8 Å². The Bertz CT molecular complexity index is 233. The number of benzene rings is 1. The molecule has 0 unspecified atom stereocenters. The fourth-order valence-electron chi connectivity index (χ4n) is 0.872. The molecule has 0 heterocycles. The molecule has 0 aromatic heterocycles. The lowest BCUT2D eigenvalue weighted by Crippen LogP contribution is -2.04. The van der Waals surface area contributed by atoms with Crippen LogP contribution in [-0.2, 0) is 0 Å². The molecule has 1 atom stereocenters. The first kappa shape index (κ1) is 8.62. The molecular weight excluding hydrogens is 154 g/mol. The van der Waals surface area contributed by atoms with Gasteiger partial charge in [0.2, 0.25) is 0 Å². The van der Waals surface area contributed by atoms with E-state index in [-0.39, 0.29) is 6.04 Å². The summed E-state index contributed by atoms with van der Waals surface area (Å²) >= 11 is 1.72. The van der Waals surface area contributed by atoms with Crippen molar-refractivity contribution in [1.82, 2.24) is 0 Å². The molecule has 0 spiro atoms. The number of thioether (sulfide) groups is 1. The maximum absolute atomic E-state index is 5.62. The van der Waals surface area contributed by atoms with Gasteiger partial charge < -0.3 is 5.73 Å². The Morgan fingerprint density at radius 1 is 1.55 bits per heavy atom. The van der Waals surface area contributed by atoms with Crippen molar-refractivity contribution in [3.05, 3.63) is 36.8 Å². The van der Waals surface area contributed by atoms with E-state index in [0.29, 0.717) is 0 Å². The van der Waals surface area contributed by atoms with Gasteiger partial charge in [-0.05, 0) is 30.9 Å². The van der Waals surface area contributed by atoms with Gasteiger partial charge in [-0.2, -0.15) is 0 Å². The lowest BCUT2D eigenvalue weighted by Gasteiger charge is -2.05. The van der Waals surface area contributed by atoms with Gasteiger partial charge in [0.25, 0.3) is 0 Å². The monoisotopic (exact) mass is 166 g/mol. The van der Waals surface area contributed by atoms with Crippen molar-refractivity contribution in [1.29, 1.82) is 0 Å². The lowest BCUT2D eigenvalue weighted by molar-refractivity contribution is 0.903. The van der Waals surface area contributed by atoms with Crippen molar-refractivity contribution < 1.29 is 0 Å². The van der Waals surface area contributed by atoms with E-state index in [1.807, 2.05) is 18.4 Å². The molecule has 0 aliphatic rings. The summed E-state index contributed by atoms with van der Waals surface area (Å²) in [5.74, 6) is 0. The summed E-state index contributed by atoms with van der Waals surface area (Å²) in [6.45, 7) is 3.75. The smallest absolute Gasteiger partial charge is 0.0295 e. The van der Waals surface area contributed by atoms with Crippen LogP contribution in [0.3, 0.4) is 0 Å². The summed E-state index contributed by atoms with van der Waals surface area (Å²) in [5, 5.41) is 0. The summed E-state index contributed by atoms with van der Waals surface area (Å²) in [7, 11) is 0. The average Bonchev–Trinajstić information content (AvgIpc) is 2.05. The topological polar surface area (TPSA) is 26.0 Å². The largest absolute Gasteiger partial charge is 0.324 e. The van der Waals surface area contributed by atoms with Crippen LogP contribution in [0.25, 0.3) is 0 Å². The Balaban J connectivity index is 2.91. The van der Waals surface area contributed by atoms with E-state index in [9.17, 15) is 0 Å². The zero-order chi connectivity index (χ0) is 8.27. The highest BCUT2D eigenvalue weighted by atomic mass is 32.2. The zero-order valence-corrected chi connectivity index (χ0v) is 7.40. The van der Waals surface area contributed by atoms with Gasteiger partial charge in [-0.15, -0.1) is 11.8 Å². The van der Waals surface area contributed by atoms with E-state index in [2.05, 4.69) is 19.1 Å². The highest BCUT2D eigenvalue weighted by molar-refractivity contribution is 7.98. The number of rotatable bonds is 2. The van der Waals surface area contributed by atoms with Gasteiger partial charge in [-0.3, -0.25) is 0 Å². The van der Waals surface area contributed by atoms with E-state index in [4.69, 9.17) is 5.73 Å². The molecule has 1 aromatic carbocycles. The lowest BCUT2D eigenvalue weighted by atomic mass is 10.1. The van der Waals surface area contributed by atoms with Crippen molar-refractivity contribution in [2.24, 2.45) is 5.73 Å². The molecule has 1 rings (SSSR count). The van der Waals surface area contributed by atoms with Crippen LogP contribution in [0.2, 0.25) is 0 Å². The predicted octanol–water partition coefficient (Wildman–Crippen LogP) is 2.24. The van der Waals surface area contributed by atoms with Gasteiger partial charge in [-0.25, -0.2) is 0 Å². The SMILES string of the molecule is [CH2][C@H](N)c1cccc(SC)c1. The van der Waals surface area contributed by atoms with Gasteiger partial charge in [-0.1, -0.05) is 12.1 Å². The van der Waals surface area contributed by atoms with Crippen LogP contribution < -0.4 is 5.73 Å². The third-order valence-corrected chi connectivity index (χ3v) is 2.25. The second-order valence-corrected chi connectivity index (χ2v) is 3.26. The summed E-state index contributed by atoms with van der Waals surface area (Å²) in [5.41, 5.74) is 6.71. The van der Waals surface area contributed by atoms with Crippen LogP contribution in [0.15, 0.2) is 29.2 Å². The number of hydrogen-bond donors (Lipinski definition) is 1. The zero-order valence-electron chi connectivity index (χ0n) is 6.58. The van der Waals surface area contributed by atoms with E-state index in [1.54, 1.807) is 11.8 Å². The standard InChI is InChI=1S/C9H12NS/c1-7(10)8-4-3-5-9(6-8)11-2/h3-7H,1,10H2,2H3/t7-/m0/s1. The fraction of sp³-hybridized carbons (Fsp3) is 0.222. The third kappa shape index (κ3) is 2.24. The van der Waals surface area contributed by atoms with Gasteiger partial charge in [0.1, 0.15) is 0 Å². The summed E-state index contributed by atoms with van der Waals surface area (Å²) in [4.78, 5) is 1.24. The highest BCUT2D eigenvalue weighted by Gasteiger charge is 1.98. The van der Waals surface area contributed by atoms with Gasteiger partial charge in [0.15, 0.2) is 0 Å². The fourth-order valence-corrected chi connectivity index (χ4v) is 1.34. The van der Waals surface area contributed by atoms with E-state index in [1.165, 1.54) is 4.90 Å². The van der Waals surface area contributed by atoms with Crippen LogP contribution in [0.1, 0.15) is 11.6 Å². The molecule has 1 radical (unpaired) electrons. The Labute approximate surface area is 72.0 Å². The second-order valence-electron chi connectivity index (χ2n) is 2.38. The molecule has 0 saturated heterocycles. The molecule has 0 aliphatic heterocycles. The van der Waals surface area contributed by atoms with Crippen molar-refractivity contribution in [3.63, 3.8) is 0 Å². The quantitative estimate of drug-likeness (QED) is 0.682. The Morgan fingerprint density at radius 3 is 2.82 bits per heavy atom. The first-order valence-electron chi connectivity index (χ1n) is 3.46. The first-order chi connectivity index (χ1) is 5.24. The van der Waals surface area contributed by atoms with Gasteiger partial charge in [0, 0.05) is 10.9 Å². The molecule has 2 heteroatoms. The van der Waals surface area contributed by atoms with Crippen LogP contribution in [0, 0.1) is 6.92 Å². The average molecular weight is 166 g/mol. The Morgan fingerprint density at radius 2 is 2.27 bits per heavy atom. The molecule has 0 amide bonds. The van der Waals surface area contributed by atoms with Gasteiger partial charge in [0.05, 0.1) is 0 Å². The summed E-state index contributed by atoms with van der Waals surface area (Å²) < 4.78 is 0. The number of hydrogen-bond acceptors (Lipinski definition) is 2. The highest BCUT2D eigenvalue weighted by Crippen LogP contribution is 2.18. The minimum atomic E-state index is -0.109. The molecule has 0 aliphatic carbocycles. The predicted molar refractivity (Wildman–Crippen MR) is 50.5 cm³/mol. The van der Waals surface area contributed by atoms with E-state index >= 15 is 0 Å². The molecule has 0 fully saturated rings. The molecule has 0 saturated carbocycles. The third-order valence-electron chi connectivity index (χ3n) is 1.52. The van der Waals surface area contributed by atoms with Crippen molar-refractivity contribution in [3.8, 4) is 0 Å². The molecule has 0 bridgehead atoms. The minimum Gasteiger partial charge on any atom is -0.324 e. The maximum Gasteiger partial charge on any atom is 0.0295 e. The molecule has 59 valence electrons. The summed E-state index contributed by atoms with van der Waals surface area (Å²) in [6.07, 6.45) is 2.05. The second kappa shape index (κ2) is 3.79.